The number of carbonyl (C=O) groups excluding carboxylic acids is 1. The van der Waals surface area contributed by atoms with Crippen LogP contribution in [0.15, 0.2) is 22.7 Å². The Labute approximate surface area is 91.4 Å². The highest BCUT2D eigenvalue weighted by Gasteiger charge is 2.07. The molecule has 3 nitrogen and oxygen atoms in total. The molecule has 2 N–H and O–H groups in total. The van der Waals surface area contributed by atoms with Crippen LogP contribution in [0.4, 0.5) is 5.69 Å². The lowest BCUT2D eigenvalue weighted by molar-refractivity contribution is 0.0505. The number of rotatable bonds is 3. The summed E-state index contributed by atoms with van der Waals surface area (Å²) in [7, 11) is 0. The molecular weight excluding hydrogens is 246 g/mol. The minimum Gasteiger partial charge on any atom is -0.462 e. The van der Waals surface area contributed by atoms with Gasteiger partial charge >= 0.3 is 5.97 Å². The summed E-state index contributed by atoms with van der Waals surface area (Å²) in [5, 5.41) is 0. The Hall–Kier alpha value is -1.03. The maximum Gasteiger partial charge on any atom is 0.338 e. The molecule has 0 aliphatic rings. The maximum atomic E-state index is 11.4. The molecule has 4 heteroatoms. The van der Waals surface area contributed by atoms with Crippen molar-refractivity contribution in [1.29, 1.82) is 0 Å². The molecule has 1 aromatic rings. The summed E-state index contributed by atoms with van der Waals surface area (Å²) < 4.78 is 5.74. The number of benzene rings is 1. The summed E-state index contributed by atoms with van der Waals surface area (Å²) in [5.74, 6) is -0.328. The zero-order valence-corrected chi connectivity index (χ0v) is 9.50. The normalized spacial score (nSPS) is 9.86. The van der Waals surface area contributed by atoms with Gasteiger partial charge < -0.3 is 10.5 Å². The molecular formula is C10H12BrNO2. The SMILES string of the molecule is CCCOC(=O)c1ccc(Br)c(N)c1. The zero-order chi connectivity index (χ0) is 10.6. The molecule has 0 fully saturated rings. The first-order valence-corrected chi connectivity index (χ1v) is 5.16. The number of hydrogen-bond acceptors (Lipinski definition) is 3. The van der Waals surface area contributed by atoms with Gasteiger partial charge in [-0.2, -0.15) is 0 Å². The van der Waals surface area contributed by atoms with Crippen molar-refractivity contribution in [3.63, 3.8) is 0 Å². The molecule has 0 unspecified atom stereocenters. The number of nitrogen functional groups attached to an aromatic ring is 1. The van der Waals surface area contributed by atoms with Crippen molar-refractivity contribution in [2.75, 3.05) is 12.3 Å². The van der Waals surface area contributed by atoms with E-state index in [9.17, 15) is 4.79 Å². The van der Waals surface area contributed by atoms with Crippen LogP contribution in [0.1, 0.15) is 23.7 Å². The number of nitrogens with two attached hydrogens (primary N) is 1. The van der Waals surface area contributed by atoms with Crippen molar-refractivity contribution in [2.24, 2.45) is 0 Å². The first kappa shape index (κ1) is 11.0. The summed E-state index contributed by atoms with van der Waals surface area (Å²) in [6.07, 6.45) is 0.817. The third kappa shape index (κ3) is 2.73. The van der Waals surface area contributed by atoms with E-state index < -0.39 is 0 Å². The van der Waals surface area contributed by atoms with E-state index >= 15 is 0 Å². The second-order valence-corrected chi connectivity index (χ2v) is 3.73. The minimum atomic E-state index is -0.328. The highest BCUT2D eigenvalue weighted by atomic mass is 79.9. The largest absolute Gasteiger partial charge is 0.462 e. The van der Waals surface area contributed by atoms with Crippen LogP contribution >= 0.6 is 15.9 Å². The number of anilines is 1. The lowest BCUT2D eigenvalue weighted by atomic mass is 10.2. The highest BCUT2D eigenvalue weighted by Crippen LogP contribution is 2.20. The van der Waals surface area contributed by atoms with E-state index in [0.29, 0.717) is 17.9 Å². The summed E-state index contributed by atoms with van der Waals surface area (Å²) >= 11 is 3.25. The first-order chi connectivity index (χ1) is 6.65. The number of ether oxygens (including phenoxy) is 1. The van der Waals surface area contributed by atoms with Crippen LogP contribution in [0.3, 0.4) is 0 Å². The Balaban J connectivity index is 2.76. The van der Waals surface area contributed by atoms with Crippen LogP contribution in [0.5, 0.6) is 0 Å². The average Bonchev–Trinajstić information content (AvgIpc) is 2.18. The van der Waals surface area contributed by atoms with Crippen LogP contribution in [-0.4, -0.2) is 12.6 Å². The zero-order valence-electron chi connectivity index (χ0n) is 7.92. The topological polar surface area (TPSA) is 52.3 Å². The van der Waals surface area contributed by atoms with Gasteiger partial charge in [0.15, 0.2) is 0 Å². The molecule has 0 amide bonds. The van der Waals surface area contributed by atoms with Crippen LogP contribution in [0.2, 0.25) is 0 Å². The fourth-order valence-corrected chi connectivity index (χ4v) is 1.20. The third-order valence-electron chi connectivity index (χ3n) is 1.67. The molecule has 0 spiro atoms. The van der Waals surface area contributed by atoms with Gasteiger partial charge in [0.2, 0.25) is 0 Å². The Morgan fingerprint density at radius 2 is 2.29 bits per heavy atom. The quantitative estimate of drug-likeness (QED) is 0.669. The van der Waals surface area contributed by atoms with Crippen LogP contribution < -0.4 is 5.73 Å². The van der Waals surface area contributed by atoms with Gasteiger partial charge in [0, 0.05) is 10.2 Å². The molecule has 0 heterocycles. The molecule has 0 atom stereocenters. The number of carbonyl (C=O) groups is 1. The van der Waals surface area contributed by atoms with Crippen molar-refractivity contribution in [1.82, 2.24) is 0 Å². The fourth-order valence-electron chi connectivity index (χ4n) is 0.949. The lowest BCUT2D eigenvalue weighted by Crippen LogP contribution is -2.06. The number of hydrogen-bond donors (Lipinski definition) is 1. The molecule has 0 radical (unpaired) electrons. The van der Waals surface area contributed by atoms with Crippen molar-refractivity contribution in [3.05, 3.63) is 28.2 Å². The fraction of sp³-hybridized carbons (Fsp3) is 0.300. The Morgan fingerprint density at radius 1 is 1.57 bits per heavy atom. The lowest BCUT2D eigenvalue weighted by Gasteiger charge is -2.04. The van der Waals surface area contributed by atoms with Crippen LogP contribution in [-0.2, 0) is 4.74 Å². The molecule has 1 aromatic carbocycles. The summed E-state index contributed by atoms with van der Waals surface area (Å²) in [5.41, 5.74) is 6.66. The van der Waals surface area contributed by atoms with Gasteiger partial charge in [-0.25, -0.2) is 4.79 Å². The Bertz CT molecular complexity index is 339. The van der Waals surface area contributed by atoms with Crippen LogP contribution in [0.25, 0.3) is 0 Å². The Kier molecular flexibility index (Phi) is 3.95. The molecule has 76 valence electrons. The minimum absolute atomic E-state index is 0.328. The molecule has 14 heavy (non-hydrogen) atoms. The summed E-state index contributed by atoms with van der Waals surface area (Å²) in [4.78, 5) is 11.4. The summed E-state index contributed by atoms with van der Waals surface area (Å²) in [6.45, 7) is 2.39. The molecule has 0 saturated heterocycles. The van der Waals surface area contributed by atoms with Crippen molar-refractivity contribution >= 4 is 27.6 Å². The van der Waals surface area contributed by atoms with E-state index in [-0.39, 0.29) is 5.97 Å². The van der Waals surface area contributed by atoms with Crippen molar-refractivity contribution in [2.45, 2.75) is 13.3 Å². The second kappa shape index (κ2) is 5.00. The van der Waals surface area contributed by atoms with E-state index in [1.165, 1.54) is 0 Å². The maximum absolute atomic E-state index is 11.4. The molecule has 0 aliphatic heterocycles. The smallest absolute Gasteiger partial charge is 0.338 e. The van der Waals surface area contributed by atoms with E-state index in [1.54, 1.807) is 18.2 Å². The van der Waals surface area contributed by atoms with Gasteiger partial charge in [0.1, 0.15) is 0 Å². The standard InChI is InChI=1S/C10H12BrNO2/c1-2-5-14-10(13)7-3-4-8(11)9(12)6-7/h3-4,6H,2,5,12H2,1H3. The summed E-state index contributed by atoms with van der Waals surface area (Å²) in [6, 6.07) is 5.01. The van der Waals surface area contributed by atoms with Gasteiger partial charge in [-0.05, 0) is 40.5 Å². The van der Waals surface area contributed by atoms with E-state index in [2.05, 4.69) is 15.9 Å². The molecule has 1 rings (SSSR count). The molecule has 0 aromatic heterocycles. The molecule has 0 saturated carbocycles. The average molecular weight is 258 g/mol. The monoisotopic (exact) mass is 257 g/mol. The van der Waals surface area contributed by atoms with Crippen molar-refractivity contribution < 1.29 is 9.53 Å². The Morgan fingerprint density at radius 3 is 2.86 bits per heavy atom. The van der Waals surface area contributed by atoms with Gasteiger partial charge in [0.05, 0.1) is 12.2 Å². The van der Waals surface area contributed by atoms with Gasteiger partial charge in [-0.1, -0.05) is 6.92 Å². The second-order valence-electron chi connectivity index (χ2n) is 2.87. The van der Waals surface area contributed by atoms with E-state index in [4.69, 9.17) is 10.5 Å². The number of esters is 1. The van der Waals surface area contributed by atoms with Gasteiger partial charge in [0.25, 0.3) is 0 Å². The van der Waals surface area contributed by atoms with E-state index in [0.717, 1.165) is 10.9 Å². The highest BCUT2D eigenvalue weighted by molar-refractivity contribution is 9.10. The molecule has 0 bridgehead atoms. The van der Waals surface area contributed by atoms with E-state index in [1.807, 2.05) is 6.92 Å². The van der Waals surface area contributed by atoms with Crippen molar-refractivity contribution in [3.8, 4) is 0 Å². The number of halogens is 1. The predicted octanol–water partition coefficient (Wildman–Crippen LogP) is 2.60. The first-order valence-electron chi connectivity index (χ1n) is 4.37. The third-order valence-corrected chi connectivity index (χ3v) is 2.39. The molecule has 0 aliphatic carbocycles. The predicted molar refractivity (Wildman–Crippen MR) is 59.1 cm³/mol. The van der Waals surface area contributed by atoms with Gasteiger partial charge in [-0.3, -0.25) is 0 Å². The van der Waals surface area contributed by atoms with Crippen LogP contribution in [0, 0.1) is 0 Å². The van der Waals surface area contributed by atoms with Gasteiger partial charge in [-0.15, -0.1) is 0 Å².